The molecule has 1 aliphatic heterocycles. The summed E-state index contributed by atoms with van der Waals surface area (Å²) in [5.74, 6) is 0.632. The van der Waals surface area contributed by atoms with Gasteiger partial charge in [0, 0.05) is 5.92 Å². The smallest absolute Gasteiger partial charge is 0.178 e. The van der Waals surface area contributed by atoms with Crippen LogP contribution in [0.25, 0.3) is 0 Å². The lowest BCUT2D eigenvalue weighted by atomic mass is 9.62. The molecule has 3 heteroatoms. The third kappa shape index (κ3) is 1.56. The highest BCUT2D eigenvalue weighted by Gasteiger charge is 2.55. The Balaban J connectivity index is 2.08. The molecule has 2 nitrogen and oxygen atoms in total. The minimum absolute atomic E-state index is 0.0751. The van der Waals surface area contributed by atoms with Crippen molar-refractivity contribution in [2.75, 3.05) is 6.26 Å². The summed E-state index contributed by atoms with van der Waals surface area (Å²) >= 11 is 1.74. The monoisotopic (exact) mass is 261 g/mol. The van der Waals surface area contributed by atoms with Crippen LogP contribution in [0, 0.1) is 11.3 Å². The van der Waals surface area contributed by atoms with E-state index in [1.807, 2.05) is 0 Å². The van der Waals surface area contributed by atoms with Gasteiger partial charge < -0.3 is 0 Å². The molecule has 2 atom stereocenters. The standard InChI is InChI=1S/C15H19NOS/c1-14-8-4-3-5-12(14)15(13(16-14)18-2)9-6-11(17)7-10-15/h6-7,9-10,12H,3-5,8H2,1-2H3/t12-,14-/m1/s1. The predicted octanol–water partition coefficient (Wildman–Crippen LogP) is 3.39. The Morgan fingerprint density at radius 1 is 1.33 bits per heavy atom. The molecule has 1 fully saturated rings. The highest BCUT2D eigenvalue weighted by molar-refractivity contribution is 8.13. The van der Waals surface area contributed by atoms with Gasteiger partial charge >= 0.3 is 0 Å². The van der Waals surface area contributed by atoms with Crippen LogP contribution in [0.4, 0.5) is 0 Å². The maximum Gasteiger partial charge on any atom is 0.178 e. The number of rotatable bonds is 0. The van der Waals surface area contributed by atoms with Crippen LogP contribution in [-0.4, -0.2) is 22.6 Å². The molecule has 1 spiro atoms. The summed E-state index contributed by atoms with van der Waals surface area (Å²) in [6.07, 6.45) is 14.7. The Morgan fingerprint density at radius 3 is 2.72 bits per heavy atom. The van der Waals surface area contributed by atoms with Gasteiger partial charge in [-0.1, -0.05) is 25.0 Å². The number of thioether (sulfide) groups is 1. The summed E-state index contributed by atoms with van der Waals surface area (Å²) in [7, 11) is 0. The zero-order chi connectivity index (χ0) is 12.8. The van der Waals surface area contributed by atoms with Crippen molar-refractivity contribution < 1.29 is 4.79 Å². The molecule has 0 bridgehead atoms. The Labute approximate surface area is 113 Å². The molecular weight excluding hydrogens is 242 g/mol. The van der Waals surface area contributed by atoms with Crippen LogP contribution in [0.3, 0.4) is 0 Å². The van der Waals surface area contributed by atoms with E-state index in [1.54, 1.807) is 23.9 Å². The van der Waals surface area contributed by atoms with Crippen LogP contribution in [0.5, 0.6) is 0 Å². The Bertz CT molecular complexity index is 461. The van der Waals surface area contributed by atoms with E-state index in [0.29, 0.717) is 5.92 Å². The zero-order valence-corrected chi connectivity index (χ0v) is 11.8. The number of hydrogen-bond acceptors (Lipinski definition) is 3. The summed E-state index contributed by atoms with van der Waals surface area (Å²) < 4.78 is 0. The summed E-state index contributed by atoms with van der Waals surface area (Å²) in [4.78, 5) is 16.4. The molecular formula is C15H19NOS. The number of hydrogen-bond donors (Lipinski definition) is 0. The van der Waals surface area contributed by atoms with Gasteiger partial charge in [-0.15, -0.1) is 11.8 Å². The third-order valence-electron chi connectivity index (χ3n) is 4.72. The molecule has 2 aliphatic carbocycles. The van der Waals surface area contributed by atoms with Crippen molar-refractivity contribution in [2.24, 2.45) is 16.3 Å². The SMILES string of the molecule is CSC1=N[C@]2(C)CCCC[C@H]2C12C=CC(=O)C=C2. The van der Waals surface area contributed by atoms with Gasteiger partial charge in [-0.25, -0.2) is 0 Å². The number of aliphatic imine (C=N–C) groups is 1. The fourth-order valence-corrected chi connectivity index (χ4v) is 4.76. The van der Waals surface area contributed by atoms with Crippen LogP contribution < -0.4 is 0 Å². The second-order valence-electron chi connectivity index (χ2n) is 5.78. The lowest BCUT2D eigenvalue weighted by Crippen LogP contribution is -2.42. The Hall–Kier alpha value is -0.830. The number of fused-ring (bicyclic) bond motifs is 2. The van der Waals surface area contributed by atoms with Crippen LogP contribution in [0.2, 0.25) is 0 Å². The van der Waals surface area contributed by atoms with Crippen molar-refractivity contribution in [3.05, 3.63) is 24.3 Å². The van der Waals surface area contributed by atoms with Gasteiger partial charge in [-0.3, -0.25) is 9.79 Å². The first kappa shape index (κ1) is 12.2. The molecule has 0 amide bonds. The highest BCUT2D eigenvalue weighted by Crippen LogP contribution is 2.56. The van der Waals surface area contributed by atoms with E-state index in [9.17, 15) is 4.79 Å². The molecule has 3 rings (SSSR count). The summed E-state index contributed by atoms with van der Waals surface area (Å²) in [6.45, 7) is 2.29. The first-order valence-electron chi connectivity index (χ1n) is 6.67. The quantitative estimate of drug-likeness (QED) is 0.669. The number of allylic oxidation sites excluding steroid dienone is 4. The topological polar surface area (TPSA) is 29.4 Å². The van der Waals surface area contributed by atoms with Crippen molar-refractivity contribution in [1.82, 2.24) is 0 Å². The summed E-state index contributed by atoms with van der Waals surface area (Å²) in [5.41, 5.74) is -0.0197. The van der Waals surface area contributed by atoms with Crippen molar-refractivity contribution in [1.29, 1.82) is 0 Å². The molecule has 0 aromatic rings. The normalized spacial score (nSPS) is 36.9. The average Bonchev–Trinajstić information content (AvgIpc) is 2.62. The van der Waals surface area contributed by atoms with Gasteiger partial charge in [0.05, 0.1) is 16.0 Å². The summed E-state index contributed by atoms with van der Waals surface area (Å²) in [5, 5.41) is 1.19. The minimum Gasteiger partial charge on any atom is -0.290 e. The zero-order valence-electron chi connectivity index (χ0n) is 11.0. The second kappa shape index (κ2) is 4.09. The van der Waals surface area contributed by atoms with E-state index in [4.69, 9.17) is 4.99 Å². The maximum atomic E-state index is 11.4. The number of carbonyl (C=O) groups is 1. The van der Waals surface area contributed by atoms with Gasteiger partial charge in [-0.05, 0) is 38.2 Å². The molecule has 0 saturated heterocycles. The van der Waals surface area contributed by atoms with Crippen LogP contribution in [-0.2, 0) is 4.79 Å². The molecule has 1 saturated carbocycles. The first-order chi connectivity index (χ1) is 8.61. The van der Waals surface area contributed by atoms with Crippen LogP contribution >= 0.6 is 11.8 Å². The van der Waals surface area contributed by atoms with E-state index in [2.05, 4.69) is 25.3 Å². The van der Waals surface area contributed by atoms with Crippen molar-refractivity contribution in [3.63, 3.8) is 0 Å². The number of ketones is 1. The highest BCUT2D eigenvalue weighted by atomic mass is 32.2. The molecule has 0 radical (unpaired) electrons. The molecule has 3 aliphatic rings. The van der Waals surface area contributed by atoms with Crippen molar-refractivity contribution >= 4 is 22.6 Å². The first-order valence-corrected chi connectivity index (χ1v) is 7.90. The Kier molecular flexibility index (Phi) is 2.77. The largest absolute Gasteiger partial charge is 0.290 e. The van der Waals surface area contributed by atoms with Gasteiger partial charge in [0.1, 0.15) is 0 Å². The molecule has 0 N–H and O–H groups in total. The minimum atomic E-state index is -0.0947. The molecule has 0 unspecified atom stereocenters. The van der Waals surface area contributed by atoms with E-state index in [0.717, 1.165) is 0 Å². The molecule has 18 heavy (non-hydrogen) atoms. The van der Waals surface area contributed by atoms with E-state index in [1.165, 1.54) is 30.7 Å². The van der Waals surface area contributed by atoms with Gasteiger partial charge in [0.25, 0.3) is 0 Å². The summed E-state index contributed by atoms with van der Waals surface area (Å²) in [6, 6.07) is 0. The van der Waals surface area contributed by atoms with Gasteiger partial charge in [-0.2, -0.15) is 0 Å². The molecule has 0 aromatic heterocycles. The molecule has 0 aromatic carbocycles. The lowest BCUT2D eigenvalue weighted by Gasteiger charge is -2.41. The second-order valence-corrected chi connectivity index (χ2v) is 6.57. The van der Waals surface area contributed by atoms with Crippen molar-refractivity contribution in [3.8, 4) is 0 Å². The third-order valence-corrected chi connectivity index (χ3v) is 5.55. The number of carbonyl (C=O) groups excluding carboxylic acids is 1. The number of nitrogens with zero attached hydrogens (tertiary/aromatic N) is 1. The lowest BCUT2D eigenvalue weighted by molar-refractivity contribution is -0.110. The predicted molar refractivity (Wildman–Crippen MR) is 77.0 cm³/mol. The fourth-order valence-electron chi connectivity index (χ4n) is 3.83. The van der Waals surface area contributed by atoms with E-state index >= 15 is 0 Å². The van der Waals surface area contributed by atoms with E-state index < -0.39 is 0 Å². The van der Waals surface area contributed by atoms with Gasteiger partial charge in [0.2, 0.25) is 0 Å². The maximum absolute atomic E-state index is 11.4. The molecule has 96 valence electrons. The fraction of sp³-hybridized carbons (Fsp3) is 0.600. The van der Waals surface area contributed by atoms with Gasteiger partial charge in [0.15, 0.2) is 5.78 Å². The van der Waals surface area contributed by atoms with Crippen LogP contribution in [0.1, 0.15) is 32.6 Å². The Morgan fingerprint density at radius 2 is 2.06 bits per heavy atom. The molecule has 1 heterocycles. The van der Waals surface area contributed by atoms with E-state index in [-0.39, 0.29) is 16.7 Å². The average molecular weight is 261 g/mol. The van der Waals surface area contributed by atoms with Crippen molar-refractivity contribution in [2.45, 2.75) is 38.1 Å². The van der Waals surface area contributed by atoms with Crippen LogP contribution in [0.15, 0.2) is 29.3 Å².